The molecule has 0 unspecified atom stereocenters. The largest absolute Gasteiger partial charge is 0.373 e. The van der Waals surface area contributed by atoms with Gasteiger partial charge in [-0.25, -0.2) is 0 Å². The van der Waals surface area contributed by atoms with Crippen molar-refractivity contribution in [3.63, 3.8) is 0 Å². The summed E-state index contributed by atoms with van der Waals surface area (Å²) < 4.78 is 1.90. The Hall–Kier alpha value is -2.69. The predicted octanol–water partition coefficient (Wildman–Crippen LogP) is 4.58. The van der Waals surface area contributed by atoms with Crippen LogP contribution >= 0.6 is 0 Å². The number of aromatic nitrogens is 4. The molecule has 0 spiro atoms. The maximum atomic E-state index is 4.41. The molecule has 3 rings (SSSR count). The van der Waals surface area contributed by atoms with Gasteiger partial charge in [0.25, 0.3) is 0 Å². The standard InChI is InChI=1S/C21H27N5/c1-6-17-10-8-9-16(4)19(17)26-20(23-24-25-26)21(5,7-2)22-18-13-11-15(3)12-14-18/h8-14,22H,6-7H2,1-5H3/t21-/m0/s1. The highest BCUT2D eigenvalue weighted by molar-refractivity contribution is 5.50. The molecule has 0 aliphatic carbocycles. The van der Waals surface area contributed by atoms with E-state index in [4.69, 9.17) is 0 Å². The third kappa shape index (κ3) is 3.34. The van der Waals surface area contributed by atoms with Crippen LogP contribution in [-0.2, 0) is 12.0 Å². The minimum Gasteiger partial charge on any atom is -0.373 e. The first-order valence-electron chi connectivity index (χ1n) is 9.21. The number of anilines is 1. The smallest absolute Gasteiger partial charge is 0.181 e. The monoisotopic (exact) mass is 349 g/mol. The summed E-state index contributed by atoms with van der Waals surface area (Å²) in [6.07, 6.45) is 1.79. The normalized spacial score (nSPS) is 13.4. The van der Waals surface area contributed by atoms with Crippen LogP contribution in [0.5, 0.6) is 0 Å². The molecule has 0 fully saturated rings. The fraction of sp³-hybridized carbons (Fsp3) is 0.381. The van der Waals surface area contributed by atoms with Gasteiger partial charge in [0.15, 0.2) is 5.82 Å². The summed E-state index contributed by atoms with van der Waals surface area (Å²) in [5, 5.41) is 16.4. The number of para-hydroxylation sites is 1. The molecule has 136 valence electrons. The van der Waals surface area contributed by atoms with E-state index < -0.39 is 0 Å². The number of benzene rings is 2. The molecule has 0 saturated heterocycles. The number of hydrogen-bond acceptors (Lipinski definition) is 4. The molecule has 0 amide bonds. The molecule has 1 aromatic heterocycles. The van der Waals surface area contributed by atoms with Crippen molar-refractivity contribution < 1.29 is 0 Å². The van der Waals surface area contributed by atoms with Gasteiger partial charge in [0.1, 0.15) is 0 Å². The molecule has 0 aliphatic rings. The lowest BCUT2D eigenvalue weighted by Crippen LogP contribution is -2.35. The van der Waals surface area contributed by atoms with E-state index in [1.807, 2.05) is 4.68 Å². The zero-order valence-corrected chi connectivity index (χ0v) is 16.2. The summed E-state index contributed by atoms with van der Waals surface area (Å²) in [5.41, 5.74) is 5.42. The molecule has 3 aromatic rings. The van der Waals surface area contributed by atoms with Gasteiger partial charge in [0, 0.05) is 5.69 Å². The van der Waals surface area contributed by atoms with E-state index >= 15 is 0 Å². The molecule has 1 N–H and O–H groups in total. The van der Waals surface area contributed by atoms with Crippen molar-refractivity contribution in [1.82, 2.24) is 20.2 Å². The second kappa shape index (κ2) is 7.28. The number of nitrogens with zero attached hydrogens (tertiary/aromatic N) is 4. The van der Waals surface area contributed by atoms with E-state index in [1.165, 1.54) is 16.7 Å². The first-order valence-corrected chi connectivity index (χ1v) is 9.21. The second-order valence-electron chi connectivity index (χ2n) is 7.03. The Balaban J connectivity index is 2.07. The summed E-state index contributed by atoms with van der Waals surface area (Å²) in [6.45, 7) is 10.7. The summed E-state index contributed by atoms with van der Waals surface area (Å²) in [4.78, 5) is 0. The van der Waals surface area contributed by atoms with Gasteiger partial charge in [-0.3, -0.25) is 0 Å². The van der Waals surface area contributed by atoms with Gasteiger partial charge in [-0.2, -0.15) is 4.68 Å². The van der Waals surface area contributed by atoms with E-state index in [0.717, 1.165) is 30.0 Å². The zero-order valence-electron chi connectivity index (χ0n) is 16.2. The highest BCUT2D eigenvalue weighted by atomic mass is 15.6. The first kappa shape index (κ1) is 18.1. The van der Waals surface area contributed by atoms with Crippen molar-refractivity contribution in [3.05, 3.63) is 65.0 Å². The summed E-state index contributed by atoms with van der Waals surface area (Å²) in [5.74, 6) is 0.824. The summed E-state index contributed by atoms with van der Waals surface area (Å²) in [7, 11) is 0. The van der Waals surface area contributed by atoms with Crippen LogP contribution in [0.4, 0.5) is 5.69 Å². The Morgan fingerprint density at radius 1 is 1.04 bits per heavy atom. The molecule has 5 heteroatoms. The molecule has 1 heterocycles. The lowest BCUT2D eigenvalue weighted by molar-refractivity contribution is 0.474. The maximum absolute atomic E-state index is 4.41. The lowest BCUT2D eigenvalue weighted by Gasteiger charge is -2.30. The van der Waals surface area contributed by atoms with Crippen LogP contribution in [0.15, 0.2) is 42.5 Å². The number of aryl methyl sites for hydroxylation is 3. The van der Waals surface area contributed by atoms with Crippen molar-refractivity contribution in [2.75, 3.05) is 5.32 Å². The highest BCUT2D eigenvalue weighted by Gasteiger charge is 2.32. The van der Waals surface area contributed by atoms with Gasteiger partial charge in [-0.15, -0.1) is 5.10 Å². The van der Waals surface area contributed by atoms with E-state index in [2.05, 4.69) is 97.9 Å². The van der Waals surface area contributed by atoms with Crippen LogP contribution in [0, 0.1) is 13.8 Å². The van der Waals surface area contributed by atoms with Gasteiger partial charge in [-0.1, -0.05) is 49.7 Å². The van der Waals surface area contributed by atoms with E-state index in [1.54, 1.807) is 0 Å². The highest BCUT2D eigenvalue weighted by Crippen LogP contribution is 2.30. The van der Waals surface area contributed by atoms with E-state index in [9.17, 15) is 0 Å². The molecule has 5 nitrogen and oxygen atoms in total. The third-order valence-electron chi connectivity index (χ3n) is 5.06. The molecular weight excluding hydrogens is 322 g/mol. The average molecular weight is 349 g/mol. The topological polar surface area (TPSA) is 55.6 Å². The second-order valence-corrected chi connectivity index (χ2v) is 7.03. The number of rotatable bonds is 6. The maximum Gasteiger partial charge on any atom is 0.181 e. The van der Waals surface area contributed by atoms with Crippen LogP contribution < -0.4 is 5.32 Å². The Morgan fingerprint density at radius 3 is 2.42 bits per heavy atom. The van der Waals surface area contributed by atoms with Crippen LogP contribution in [0.1, 0.15) is 49.7 Å². The molecule has 26 heavy (non-hydrogen) atoms. The van der Waals surface area contributed by atoms with Crippen molar-refractivity contribution in [2.24, 2.45) is 0 Å². The third-order valence-corrected chi connectivity index (χ3v) is 5.06. The number of tetrazole rings is 1. The molecule has 0 saturated carbocycles. The Morgan fingerprint density at radius 2 is 1.77 bits per heavy atom. The van der Waals surface area contributed by atoms with E-state index in [-0.39, 0.29) is 5.54 Å². The number of nitrogens with one attached hydrogen (secondary N) is 1. The first-order chi connectivity index (χ1) is 12.5. The van der Waals surface area contributed by atoms with Crippen molar-refractivity contribution >= 4 is 5.69 Å². The Bertz CT molecular complexity index is 882. The fourth-order valence-electron chi connectivity index (χ4n) is 3.25. The zero-order chi connectivity index (χ0) is 18.7. The van der Waals surface area contributed by atoms with Gasteiger partial charge in [0.05, 0.1) is 11.2 Å². The molecule has 0 aliphatic heterocycles. The molecule has 2 aromatic carbocycles. The van der Waals surface area contributed by atoms with Gasteiger partial charge in [0.2, 0.25) is 0 Å². The SMILES string of the molecule is CCc1cccc(C)c1-n1nnnc1[C@](C)(CC)Nc1ccc(C)cc1. The van der Waals surface area contributed by atoms with Crippen molar-refractivity contribution in [2.45, 2.75) is 53.0 Å². The average Bonchev–Trinajstić information content (AvgIpc) is 3.13. The van der Waals surface area contributed by atoms with Crippen LogP contribution in [0.2, 0.25) is 0 Å². The summed E-state index contributed by atoms with van der Waals surface area (Å²) >= 11 is 0. The quantitative estimate of drug-likeness (QED) is 0.708. The Kier molecular flexibility index (Phi) is 5.07. The molecule has 1 atom stereocenters. The minimum atomic E-state index is -0.383. The van der Waals surface area contributed by atoms with Crippen LogP contribution in [-0.4, -0.2) is 20.2 Å². The predicted molar refractivity (Wildman–Crippen MR) is 106 cm³/mol. The van der Waals surface area contributed by atoms with Crippen molar-refractivity contribution in [3.8, 4) is 5.69 Å². The van der Waals surface area contributed by atoms with Gasteiger partial charge >= 0.3 is 0 Å². The van der Waals surface area contributed by atoms with E-state index in [0.29, 0.717) is 0 Å². The lowest BCUT2D eigenvalue weighted by atomic mass is 9.96. The fourth-order valence-corrected chi connectivity index (χ4v) is 3.25. The molecule has 0 bridgehead atoms. The minimum absolute atomic E-state index is 0.383. The molecule has 0 radical (unpaired) electrons. The Labute approximate surface area is 155 Å². The van der Waals surface area contributed by atoms with Crippen LogP contribution in [0.3, 0.4) is 0 Å². The number of hydrogen-bond donors (Lipinski definition) is 1. The molecular formula is C21H27N5. The van der Waals surface area contributed by atoms with Crippen molar-refractivity contribution in [1.29, 1.82) is 0 Å². The van der Waals surface area contributed by atoms with Gasteiger partial charge in [-0.05, 0) is 67.3 Å². The van der Waals surface area contributed by atoms with Crippen LogP contribution in [0.25, 0.3) is 5.69 Å². The summed E-state index contributed by atoms with van der Waals surface area (Å²) in [6, 6.07) is 14.8. The van der Waals surface area contributed by atoms with Gasteiger partial charge < -0.3 is 5.32 Å².